The Bertz CT molecular complexity index is 397. The third-order valence-corrected chi connectivity index (χ3v) is 2.37. The summed E-state index contributed by atoms with van der Waals surface area (Å²) in [6.07, 6.45) is -1.98. The van der Waals surface area contributed by atoms with E-state index < -0.39 is 34.7 Å². The highest BCUT2D eigenvalue weighted by Gasteiger charge is 2.24. The lowest BCUT2D eigenvalue weighted by Gasteiger charge is -2.28. The Labute approximate surface area is 127 Å². The molecule has 1 amide bonds. The summed E-state index contributed by atoms with van der Waals surface area (Å²) >= 11 is -2.83. The molecule has 0 fully saturated rings. The minimum absolute atomic E-state index is 0.331. The highest BCUT2D eigenvalue weighted by molar-refractivity contribution is 7.77. The third-order valence-electron chi connectivity index (χ3n) is 1.68. The lowest BCUT2D eigenvalue weighted by molar-refractivity contribution is -0.0103. The van der Waals surface area contributed by atoms with Crippen molar-refractivity contribution in [2.75, 3.05) is 13.2 Å². The first-order valence-electron chi connectivity index (χ1n) is 6.27. The standard InChI is InChI=1S/C12H23NO7S/c1-11(2,3)19-9(14)13(21(16)17)7-8-18-10(15)20-12(4,5)6/h7-8H2,1-6H3,(H,16,17)/p-1. The molecule has 0 aliphatic carbocycles. The Morgan fingerprint density at radius 3 is 1.90 bits per heavy atom. The zero-order valence-electron chi connectivity index (χ0n) is 13.1. The zero-order valence-corrected chi connectivity index (χ0v) is 13.9. The van der Waals surface area contributed by atoms with E-state index in [1.807, 2.05) is 0 Å². The van der Waals surface area contributed by atoms with Crippen LogP contribution < -0.4 is 0 Å². The Morgan fingerprint density at radius 1 is 1.05 bits per heavy atom. The Kier molecular flexibility index (Phi) is 7.11. The molecule has 9 heteroatoms. The Morgan fingerprint density at radius 2 is 1.52 bits per heavy atom. The van der Waals surface area contributed by atoms with Crippen LogP contribution >= 0.6 is 0 Å². The van der Waals surface area contributed by atoms with Crippen molar-refractivity contribution in [2.24, 2.45) is 0 Å². The normalized spacial score (nSPS) is 13.3. The first-order valence-corrected chi connectivity index (χ1v) is 7.31. The molecule has 124 valence electrons. The van der Waals surface area contributed by atoms with E-state index in [2.05, 4.69) is 0 Å². The van der Waals surface area contributed by atoms with E-state index in [0.717, 1.165) is 0 Å². The fraction of sp³-hybridized carbons (Fsp3) is 0.833. The lowest BCUT2D eigenvalue weighted by Crippen LogP contribution is -2.40. The van der Waals surface area contributed by atoms with Crippen molar-refractivity contribution in [3.8, 4) is 0 Å². The van der Waals surface area contributed by atoms with E-state index in [1.54, 1.807) is 41.5 Å². The van der Waals surface area contributed by atoms with Crippen LogP contribution in [0.15, 0.2) is 0 Å². The first-order chi connectivity index (χ1) is 9.32. The molecule has 0 aromatic rings. The highest BCUT2D eigenvalue weighted by Crippen LogP contribution is 2.11. The van der Waals surface area contributed by atoms with Crippen molar-refractivity contribution in [3.05, 3.63) is 0 Å². The molecule has 0 N–H and O–H groups in total. The fourth-order valence-electron chi connectivity index (χ4n) is 1.03. The van der Waals surface area contributed by atoms with Gasteiger partial charge in [0.1, 0.15) is 17.8 Å². The van der Waals surface area contributed by atoms with Crippen LogP contribution in [0.1, 0.15) is 41.5 Å². The van der Waals surface area contributed by atoms with Crippen LogP contribution in [0.2, 0.25) is 0 Å². The van der Waals surface area contributed by atoms with E-state index >= 15 is 0 Å². The number of nitrogens with zero attached hydrogens (tertiary/aromatic N) is 1. The topological polar surface area (TPSA) is 105 Å². The van der Waals surface area contributed by atoms with E-state index in [4.69, 9.17) is 14.2 Å². The molecule has 21 heavy (non-hydrogen) atoms. The third kappa shape index (κ3) is 10.1. The minimum Gasteiger partial charge on any atom is -0.755 e. The van der Waals surface area contributed by atoms with Gasteiger partial charge in [-0.1, -0.05) is 0 Å². The molecule has 0 saturated carbocycles. The summed E-state index contributed by atoms with van der Waals surface area (Å²) in [5.74, 6) is 0. The lowest BCUT2D eigenvalue weighted by atomic mass is 10.2. The molecule has 0 aromatic carbocycles. The van der Waals surface area contributed by atoms with Crippen molar-refractivity contribution < 1.29 is 32.6 Å². The number of hydrogen-bond donors (Lipinski definition) is 0. The predicted molar refractivity (Wildman–Crippen MR) is 74.0 cm³/mol. The summed E-state index contributed by atoms with van der Waals surface area (Å²) in [7, 11) is 0. The van der Waals surface area contributed by atoms with E-state index in [9.17, 15) is 18.4 Å². The van der Waals surface area contributed by atoms with Gasteiger partial charge in [-0.3, -0.25) is 4.21 Å². The van der Waals surface area contributed by atoms with Crippen molar-refractivity contribution in [3.63, 3.8) is 0 Å². The van der Waals surface area contributed by atoms with Crippen LogP contribution in [-0.2, 0) is 25.5 Å². The molecule has 0 radical (unpaired) electrons. The SMILES string of the molecule is CC(C)(C)OC(=O)OCCN(C(=O)OC(C)(C)C)S(=O)[O-]. The average Bonchev–Trinajstić information content (AvgIpc) is 2.18. The predicted octanol–water partition coefficient (Wildman–Crippen LogP) is 1.97. The maximum absolute atomic E-state index is 11.6. The van der Waals surface area contributed by atoms with Gasteiger partial charge in [0, 0.05) is 0 Å². The Balaban J connectivity index is 4.39. The van der Waals surface area contributed by atoms with Gasteiger partial charge in [0.15, 0.2) is 0 Å². The molecule has 0 aliphatic rings. The zero-order chi connectivity index (χ0) is 16.8. The second-order valence-electron chi connectivity index (χ2n) is 6.11. The van der Waals surface area contributed by atoms with Crippen LogP contribution in [0.4, 0.5) is 9.59 Å². The fourth-order valence-corrected chi connectivity index (χ4v) is 1.41. The number of rotatable bonds is 4. The van der Waals surface area contributed by atoms with Gasteiger partial charge in [-0.15, -0.1) is 0 Å². The molecule has 1 unspecified atom stereocenters. The van der Waals surface area contributed by atoms with Crippen molar-refractivity contribution in [1.29, 1.82) is 0 Å². The van der Waals surface area contributed by atoms with Crippen LogP contribution in [0, 0.1) is 0 Å². The molecule has 1 atom stereocenters. The minimum atomic E-state index is -2.83. The molecule has 0 spiro atoms. The second kappa shape index (κ2) is 7.60. The molecular weight excluding hydrogens is 302 g/mol. The molecule has 0 aliphatic heterocycles. The summed E-state index contributed by atoms with van der Waals surface area (Å²) in [6, 6.07) is 0. The maximum Gasteiger partial charge on any atom is 0.508 e. The average molecular weight is 324 g/mol. The summed E-state index contributed by atoms with van der Waals surface area (Å²) in [5, 5.41) is 0. The molecule has 0 aromatic heterocycles. The summed E-state index contributed by atoms with van der Waals surface area (Å²) in [5.41, 5.74) is -1.55. The van der Waals surface area contributed by atoms with Gasteiger partial charge in [0.25, 0.3) is 0 Å². The molecule has 0 heterocycles. The highest BCUT2D eigenvalue weighted by atomic mass is 32.2. The van der Waals surface area contributed by atoms with Gasteiger partial charge < -0.3 is 18.8 Å². The summed E-state index contributed by atoms with van der Waals surface area (Å²) in [6.45, 7) is 9.11. The number of amides is 1. The van der Waals surface area contributed by atoms with Crippen LogP contribution in [0.5, 0.6) is 0 Å². The smallest absolute Gasteiger partial charge is 0.508 e. The van der Waals surface area contributed by atoms with Crippen molar-refractivity contribution in [2.45, 2.75) is 52.7 Å². The molecular formula is C12H22NO7S-. The largest absolute Gasteiger partial charge is 0.755 e. The van der Waals surface area contributed by atoms with Gasteiger partial charge >= 0.3 is 12.2 Å². The second-order valence-corrected chi connectivity index (χ2v) is 6.99. The number of hydrogen-bond acceptors (Lipinski definition) is 7. The quantitative estimate of drug-likeness (QED) is 0.575. The van der Waals surface area contributed by atoms with E-state index in [0.29, 0.717) is 4.31 Å². The molecule has 0 bridgehead atoms. The van der Waals surface area contributed by atoms with Gasteiger partial charge in [-0.05, 0) is 41.5 Å². The maximum atomic E-state index is 11.6. The number of ether oxygens (including phenoxy) is 3. The molecule has 0 rings (SSSR count). The summed E-state index contributed by atoms with van der Waals surface area (Å²) < 4.78 is 36.9. The summed E-state index contributed by atoms with van der Waals surface area (Å²) in [4.78, 5) is 22.9. The molecule has 8 nitrogen and oxygen atoms in total. The first kappa shape index (κ1) is 19.7. The van der Waals surface area contributed by atoms with Crippen LogP contribution in [0.3, 0.4) is 0 Å². The van der Waals surface area contributed by atoms with Gasteiger partial charge in [-0.2, -0.15) is 0 Å². The van der Waals surface area contributed by atoms with Gasteiger partial charge in [-0.25, -0.2) is 13.9 Å². The Hall–Kier alpha value is -1.35. The monoisotopic (exact) mass is 324 g/mol. The van der Waals surface area contributed by atoms with E-state index in [-0.39, 0.29) is 13.2 Å². The van der Waals surface area contributed by atoms with Crippen molar-refractivity contribution in [1.82, 2.24) is 4.31 Å². The molecule has 0 saturated heterocycles. The van der Waals surface area contributed by atoms with Crippen LogP contribution in [0.25, 0.3) is 0 Å². The number of carbonyl (C=O) groups is 2. The van der Waals surface area contributed by atoms with E-state index in [1.165, 1.54) is 0 Å². The van der Waals surface area contributed by atoms with Crippen molar-refractivity contribution >= 4 is 23.5 Å². The van der Waals surface area contributed by atoms with Crippen LogP contribution in [-0.4, -0.2) is 49.7 Å². The van der Waals surface area contributed by atoms with Gasteiger partial charge in [0.2, 0.25) is 0 Å². The number of carbonyl (C=O) groups excluding carboxylic acids is 2. The van der Waals surface area contributed by atoms with Gasteiger partial charge in [0.05, 0.1) is 17.8 Å².